The molecule has 3 nitrogen and oxygen atoms in total. The molecule has 0 unspecified atom stereocenters. The number of hydrogen-bond acceptors (Lipinski definition) is 2. The summed E-state index contributed by atoms with van der Waals surface area (Å²) in [5, 5.41) is 3.40. The normalized spacial score (nSPS) is 15.5. The first kappa shape index (κ1) is 9.73. The van der Waals surface area contributed by atoms with E-state index >= 15 is 0 Å². The smallest absolute Gasteiger partial charge is 0.117 e. The lowest BCUT2D eigenvalue weighted by Gasteiger charge is -2.08. The molecule has 0 aromatic carbocycles. The van der Waals surface area contributed by atoms with E-state index < -0.39 is 0 Å². The molecular formula is C13H16N2O. The van der Waals surface area contributed by atoms with Gasteiger partial charge in [-0.05, 0) is 37.1 Å². The molecule has 0 atom stereocenters. The van der Waals surface area contributed by atoms with Crippen LogP contribution in [0.15, 0.2) is 41.1 Å². The zero-order valence-electron chi connectivity index (χ0n) is 9.23. The van der Waals surface area contributed by atoms with E-state index in [4.69, 9.17) is 4.42 Å². The maximum Gasteiger partial charge on any atom is 0.117 e. The first-order valence-electron chi connectivity index (χ1n) is 5.82. The van der Waals surface area contributed by atoms with Gasteiger partial charge in [0, 0.05) is 24.5 Å². The second-order valence-corrected chi connectivity index (χ2v) is 4.32. The maximum atomic E-state index is 5.27. The summed E-state index contributed by atoms with van der Waals surface area (Å²) < 4.78 is 7.66. The molecule has 3 heteroatoms. The monoisotopic (exact) mass is 216 g/mol. The minimum Gasteiger partial charge on any atom is -0.468 e. The van der Waals surface area contributed by atoms with Gasteiger partial charge in [-0.15, -0.1) is 0 Å². The first-order chi connectivity index (χ1) is 7.93. The fraction of sp³-hybridized carbons (Fsp3) is 0.385. The molecule has 16 heavy (non-hydrogen) atoms. The minimum absolute atomic E-state index is 0.760. The Morgan fingerprint density at radius 2 is 2.19 bits per heavy atom. The van der Waals surface area contributed by atoms with Crippen molar-refractivity contribution in [3.63, 3.8) is 0 Å². The van der Waals surface area contributed by atoms with Crippen LogP contribution in [0.25, 0.3) is 0 Å². The molecule has 2 aromatic heterocycles. The summed E-state index contributed by atoms with van der Waals surface area (Å²) in [5.41, 5.74) is 1.37. The van der Waals surface area contributed by atoms with Gasteiger partial charge in [-0.1, -0.05) is 0 Å². The topological polar surface area (TPSA) is 30.1 Å². The number of rotatable bonds is 5. The fourth-order valence-electron chi connectivity index (χ4n) is 2.01. The van der Waals surface area contributed by atoms with Crippen LogP contribution in [0.4, 0.5) is 0 Å². The highest BCUT2D eigenvalue weighted by molar-refractivity contribution is 5.10. The molecule has 0 spiro atoms. The molecule has 1 fully saturated rings. The van der Waals surface area contributed by atoms with Crippen molar-refractivity contribution in [3.05, 3.63) is 48.2 Å². The Morgan fingerprint density at radius 3 is 2.94 bits per heavy atom. The Balaban J connectivity index is 1.56. The Labute approximate surface area is 95.1 Å². The zero-order chi connectivity index (χ0) is 10.8. The van der Waals surface area contributed by atoms with Crippen molar-refractivity contribution in [2.75, 3.05) is 0 Å². The van der Waals surface area contributed by atoms with Gasteiger partial charge in [0.25, 0.3) is 0 Å². The van der Waals surface area contributed by atoms with Gasteiger partial charge in [-0.25, -0.2) is 0 Å². The summed E-state index contributed by atoms with van der Waals surface area (Å²) in [5.74, 6) is 0.990. The molecule has 84 valence electrons. The summed E-state index contributed by atoms with van der Waals surface area (Å²) in [6.45, 7) is 1.70. The van der Waals surface area contributed by atoms with Gasteiger partial charge in [0.05, 0.1) is 12.8 Å². The Bertz CT molecular complexity index is 440. The summed E-state index contributed by atoms with van der Waals surface area (Å²) in [6.07, 6.45) is 6.56. The van der Waals surface area contributed by atoms with Gasteiger partial charge in [0.1, 0.15) is 5.76 Å². The second kappa shape index (κ2) is 4.18. The third-order valence-corrected chi connectivity index (χ3v) is 2.99. The molecule has 0 amide bonds. The third-order valence-electron chi connectivity index (χ3n) is 2.99. The first-order valence-corrected chi connectivity index (χ1v) is 5.82. The number of nitrogens with zero attached hydrogens (tertiary/aromatic N) is 1. The molecule has 2 heterocycles. The summed E-state index contributed by atoms with van der Waals surface area (Å²) in [7, 11) is 0. The Hall–Kier alpha value is -1.48. The molecule has 1 saturated carbocycles. The summed E-state index contributed by atoms with van der Waals surface area (Å²) in [6, 6.07) is 8.99. The van der Waals surface area contributed by atoms with E-state index in [1.54, 1.807) is 6.26 Å². The van der Waals surface area contributed by atoms with E-state index in [0.717, 1.165) is 24.9 Å². The van der Waals surface area contributed by atoms with Crippen LogP contribution < -0.4 is 5.32 Å². The predicted octanol–water partition coefficient (Wildman–Crippen LogP) is 2.71. The van der Waals surface area contributed by atoms with Gasteiger partial charge in [0.2, 0.25) is 0 Å². The van der Waals surface area contributed by atoms with Gasteiger partial charge in [-0.3, -0.25) is 0 Å². The van der Waals surface area contributed by atoms with Gasteiger partial charge in [-0.2, -0.15) is 0 Å². The average Bonchev–Trinajstić information content (AvgIpc) is 2.82. The van der Waals surface area contributed by atoms with Crippen LogP contribution in [0, 0.1) is 0 Å². The van der Waals surface area contributed by atoms with Crippen molar-refractivity contribution < 1.29 is 4.42 Å². The number of furan rings is 1. The third kappa shape index (κ3) is 2.04. The highest BCUT2D eigenvalue weighted by Gasteiger charge is 2.24. The standard InChI is InChI=1S/C13H16N2O/c1-3-12(15(7-1)11-5-6-11)9-14-10-13-4-2-8-16-13/h1-4,7-8,11,14H,5-6,9-10H2. The predicted molar refractivity (Wildman–Crippen MR) is 62.0 cm³/mol. The van der Waals surface area contributed by atoms with Crippen LogP contribution in [0.3, 0.4) is 0 Å². The van der Waals surface area contributed by atoms with Gasteiger partial charge in [0.15, 0.2) is 0 Å². The molecule has 1 N–H and O–H groups in total. The van der Waals surface area contributed by atoms with E-state index in [-0.39, 0.29) is 0 Å². The molecule has 0 radical (unpaired) electrons. The molecule has 2 aromatic rings. The van der Waals surface area contributed by atoms with Crippen molar-refractivity contribution in [2.45, 2.75) is 32.0 Å². The highest BCUT2D eigenvalue weighted by atomic mass is 16.3. The lowest BCUT2D eigenvalue weighted by Crippen LogP contribution is -2.15. The number of nitrogens with one attached hydrogen (secondary N) is 1. The van der Waals surface area contributed by atoms with Crippen LogP contribution in [-0.4, -0.2) is 4.57 Å². The van der Waals surface area contributed by atoms with Crippen LogP contribution >= 0.6 is 0 Å². The van der Waals surface area contributed by atoms with Crippen LogP contribution in [-0.2, 0) is 13.1 Å². The van der Waals surface area contributed by atoms with E-state index in [1.165, 1.54) is 18.5 Å². The van der Waals surface area contributed by atoms with Crippen molar-refractivity contribution in [1.29, 1.82) is 0 Å². The van der Waals surface area contributed by atoms with Crippen LogP contribution in [0.1, 0.15) is 30.3 Å². The molecule has 1 aliphatic carbocycles. The quantitative estimate of drug-likeness (QED) is 0.832. The molecule has 0 saturated heterocycles. The van der Waals surface area contributed by atoms with Crippen molar-refractivity contribution in [1.82, 2.24) is 9.88 Å². The minimum atomic E-state index is 0.760. The Kier molecular flexibility index (Phi) is 2.54. The lowest BCUT2D eigenvalue weighted by molar-refractivity contribution is 0.479. The zero-order valence-corrected chi connectivity index (χ0v) is 9.23. The largest absolute Gasteiger partial charge is 0.468 e. The van der Waals surface area contributed by atoms with Gasteiger partial charge >= 0.3 is 0 Å². The molecule has 0 bridgehead atoms. The van der Waals surface area contributed by atoms with Crippen LogP contribution in [0.5, 0.6) is 0 Å². The van der Waals surface area contributed by atoms with E-state index in [9.17, 15) is 0 Å². The van der Waals surface area contributed by atoms with Crippen LogP contribution in [0.2, 0.25) is 0 Å². The lowest BCUT2D eigenvalue weighted by atomic mass is 10.4. The van der Waals surface area contributed by atoms with Crippen molar-refractivity contribution in [3.8, 4) is 0 Å². The summed E-state index contributed by atoms with van der Waals surface area (Å²) >= 11 is 0. The molecule has 1 aliphatic rings. The fourth-order valence-corrected chi connectivity index (χ4v) is 2.01. The Morgan fingerprint density at radius 1 is 1.25 bits per heavy atom. The number of hydrogen-bond donors (Lipinski definition) is 1. The maximum absolute atomic E-state index is 5.27. The van der Waals surface area contributed by atoms with Crippen molar-refractivity contribution in [2.24, 2.45) is 0 Å². The number of aromatic nitrogens is 1. The second-order valence-electron chi connectivity index (χ2n) is 4.32. The molecular weight excluding hydrogens is 200 g/mol. The van der Waals surface area contributed by atoms with E-state index in [2.05, 4.69) is 28.2 Å². The molecule has 3 rings (SSSR count). The highest BCUT2D eigenvalue weighted by Crippen LogP contribution is 2.35. The SMILES string of the molecule is c1coc(CNCc2cccn2C2CC2)c1. The van der Waals surface area contributed by atoms with E-state index in [0.29, 0.717) is 0 Å². The van der Waals surface area contributed by atoms with Gasteiger partial charge < -0.3 is 14.3 Å². The van der Waals surface area contributed by atoms with Crippen molar-refractivity contribution >= 4 is 0 Å². The summed E-state index contributed by atoms with van der Waals surface area (Å²) in [4.78, 5) is 0. The van der Waals surface area contributed by atoms with E-state index in [1.807, 2.05) is 12.1 Å². The molecule has 0 aliphatic heterocycles. The average molecular weight is 216 g/mol.